The molecule has 0 aromatic heterocycles. The van der Waals surface area contributed by atoms with Crippen molar-refractivity contribution in [2.75, 3.05) is 32.2 Å². The van der Waals surface area contributed by atoms with E-state index in [1.807, 2.05) is 12.1 Å². The highest BCUT2D eigenvalue weighted by Gasteiger charge is 2.20. The first-order valence-electron chi connectivity index (χ1n) is 9.64. The quantitative estimate of drug-likeness (QED) is 0.388. The van der Waals surface area contributed by atoms with Gasteiger partial charge in [0.05, 0.1) is 11.7 Å². The highest BCUT2D eigenvalue weighted by atomic mass is 32.2. The summed E-state index contributed by atoms with van der Waals surface area (Å²) < 4.78 is 21.9. The Morgan fingerprint density at radius 2 is 1.86 bits per heavy atom. The lowest BCUT2D eigenvalue weighted by Crippen LogP contribution is -2.17. The van der Waals surface area contributed by atoms with Crippen LogP contribution in [-0.4, -0.2) is 50.0 Å². The van der Waals surface area contributed by atoms with Gasteiger partial charge < -0.3 is 18.9 Å². The molecule has 2 aromatic carbocycles. The fourth-order valence-electron chi connectivity index (χ4n) is 3.23. The number of esters is 1. The Balaban J connectivity index is 1.36. The molecule has 29 heavy (non-hydrogen) atoms. The molecule has 0 aliphatic carbocycles. The summed E-state index contributed by atoms with van der Waals surface area (Å²) in [6.07, 6.45) is 2.35. The van der Waals surface area contributed by atoms with Gasteiger partial charge in [-0.15, -0.1) is 11.8 Å². The summed E-state index contributed by atoms with van der Waals surface area (Å²) in [5.41, 5.74) is 0.883. The molecule has 152 valence electrons. The van der Waals surface area contributed by atoms with Crippen LogP contribution in [-0.2, 0) is 9.47 Å². The molecule has 2 aromatic rings. The largest absolute Gasteiger partial charge is 0.486 e. The van der Waals surface area contributed by atoms with Gasteiger partial charge in [0.2, 0.25) is 0 Å². The molecule has 1 atom stereocenters. The molecular weight excluding hydrogens is 392 g/mol. The first-order valence-corrected chi connectivity index (χ1v) is 10.6. The van der Waals surface area contributed by atoms with Crippen LogP contribution in [0.25, 0.3) is 0 Å². The summed E-state index contributed by atoms with van der Waals surface area (Å²) in [7, 11) is 0. The Morgan fingerprint density at radius 3 is 2.69 bits per heavy atom. The molecule has 2 aliphatic heterocycles. The van der Waals surface area contributed by atoms with E-state index in [-0.39, 0.29) is 18.5 Å². The van der Waals surface area contributed by atoms with E-state index < -0.39 is 5.97 Å². The van der Waals surface area contributed by atoms with Crippen LogP contribution in [0.5, 0.6) is 11.5 Å². The molecule has 0 spiro atoms. The summed E-state index contributed by atoms with van der Waals surface area (Å²) in [5, 5.41) is 0. The van der Waals surface area contributed by atoms with E-state index in [2.05, 4.69) is 0 Å². The van der Waals surface area contributed by atoms with E-state index in [1.165, 1.54) is 0 Å². The van der Waals surface area contributed by atoms with Crippen molar-refractivity contribution >= 4 is 23.5 Å². The molecule has 6 nitrogen and oxygen atoms in total. The molecule has 2 aliphatic rings. The van der Waals surface area contributed by atoms with Crippen LogP contribution < -0.4 is 9.47 Å². The van der Waals surface area contributed by atoms with Crippen molar-refractivity contribution in [1.82, 2.24) is 0 Å². The highest BCUT2D eigenvalue weighted by molar-refractivity contribution is 7.99. The number of ether oxygens (including phenoxy) is 4. The van der Waals surface area contributed by atoms with Crippen molar-refractivity contribution in [2.24, 2.45) is 0 Å². The summed E-state index contributed by atoms with van der Waals surface area (Å²) >= 11 is 1.58. The van der Waals surface area contributed by atoms with Gasteiger partial charge in [-0.05, 0) is 43.2 Å². The topological polar surface area (TPSA) is 71.1 Å². The molecule has 0 unspecified atom stereocenters. The second kappa shape index (κ2) is 9.33. The third kappa shape index (κ3) is 4.92. The maximum absolute atomic E-state index is 12.6. The lowest BCUT2D eigenvalue weighted by atomic mass is 10.1. The summed E-state index contributed by atoms with van der Waals surface area (Å²) in [6, 6.07) is 12.2. The van der Waals surface area contributed by atoms with Gasteiger partial charge in [-0.25, -0.2) is 4.79 Å². The number of thioether (sulfide) groups is 1. The number of benzene rings is 2. The van der Waals surface area contributed by atoms with Crippen molar-refractivity contribution in [3.63, 3.8) is 0 Å². The maximum Gasteiger partial charge on any atom is 0.339 e. The summed E-state index contributed by atoms with van der Waals surface area (Å²) in [5.74, 6) is 1.14. The van der Waals surface area contributed by atoms with Crippen LogP contribution in [0.1, 0.15) is 33.6 Å². The maximum atomic E-state index is 12.6. The molecule has 4 rings (SSSR count). The fourth-order valence-corrected chi connectivity index (χ4v) is 4.34. The van der Waals surface area contributed by atoms with Crippen LogP contribution in [0, 0.1) is 0 Å². The van der Waals surface area contributed by atoms with E-state index >= 15 is 0 Å². The van der Waals surface area contributed by atoms with Gasteiger partial charge in [0.15, 0.2) is 23.9 Å². The highest BCUT2D eigenvalue weighted by Crippen LogP contribution is 2.31. The minimum Gasteiger partial charge on any atom is -0.486 e. The SMILES string of the molecule is O=C(COC(=O)c1ccccc1SC[C@H]1CCCO1)c1ccc2c(c1)OCCO2. The zero-order valence-electron chi connectivity index (χ0n) is 15.9. The van der Waals surface area contributed by atoms with Gasteiger partial charge in [-0.2, -0.15) is 0 Å². The van der Waals surface area contributed by atoms with E-state index in [9.17, 15) is 9.59 Å². The first-order chi connectivity index (χ1) is 14.2. The van der Waals surface area contributed by atoms with Gasteiger partial charge in [0.25, 0.3) is 0 Å². The van der Waals surface area contributed by atoms with E-state index in [1.54, 1.807) is 42.1 Å². The normalized spacial score (nSPS) is 17.7. The molecule has 0 radical (unpaired) electrons. The van der Waals surface area contributed by atoms with Crippen LogP contribution in [0.15, 0.2) is 47.4 Å². The van der Waals surface area contributed by atoms with Crippen molar-refractivity contribution in [2.45, 2.75) is 23.8 Å². The zero-order valence-corrected chi connectivity index (χ0v) is 16.7. The Bertz CT molecular complexity index is 891. The third-order valence-corrected chi connectivity index (χ3v) is 5.96. The van der Waals surface area contributed by atoms with Crippen LogP contribution in [0.4, 0.5) is 0 Å². The predicted molar refractivity (Wildman–Crippen MR) is 108 cm³/mol. The number of fused-ring (bicyclic) bond motifs is 1. The molecule has 1 fully saturated rings. The standard InChI is InChI=1S/C22H22O6S/c23-18(15-7-8-19-20(12-15)27-11-10-26-19)13-28-22(24)17-5-1-2-6-21(17)29-14-16-4-3-9-25-16/h1-2,5-8,12,16H,3-4,9-11,13-14H2/t16-/m1/s1. The Morgan fingerprint density at radius 1 is 1.03 bits per heavy atom. The van der Waals surface area contributed by atoms with Crippen LogP contribution in [0.2, 0.25) is 0 Å². The van der Waals surface area contributed by atoms with Gasteiger partial charge in [0.1, 0.15) is 13.2 Å². The molecule has 0 N–H and O–H groups in total. The molecule has 1 saturated heterocycles. The predicted octanol–water partition coefficient (Wildman–Crippen LogP) is 3.77. The van der Waals surface area contributed by atoms with E-state index in [0.717, 1.165) is 30.1 Å². The number of carbonyl (C=O) groups is 2. The Hall–Kier alpha value is -2.51. The van der Waals surface area contributed by atoms with Gasteiger partial charge in [-0.1, -0.05) is 12.1 Å². The van der Waals surface area contributed by atoms with Gasteiger partial charge >= 0.3 is 5.97 Å². The molecule has 2 heterocycles. The molecule has 0 bridgehead atoms. The average Bonchev–Trinajstić information content (AvgIpc) is 3.29. The Kier molecular flexibility index (Phi) is 6.36. The summed E-state index contributed by atoms with van der Waals surface area (Å²) in [4.78, 5) is 25.9. The molecular formula is C22H22O6S. The van der Waals surface area contributed by atoms with Gasteiger partial charge in [-0.3, -0.25) is 4.79 Å². The van der Waals surface area contributed by atoms with Crippen molar-refractivity contribution in [3.8, 4) is 11.5 Å². The number of hydrogen-bond donors (Lipinski definition) is 0. The molecule has 0 amide bonds. The number of hydrogen-bond acceptors (Lipinski definition) is 7. The summed E-state index contributed by atoms with van der Waals surface area (Å²) in [6.45, 7) is 1.41. The van der Waals surface area contributed by atoms with Gasteiger partial charge in [0, 0.05) is 22.8 Å². The lowest BCUT2D eigenvalue weighted by molar-refractivity contribution is 0.0471. The van der Waals surface area contributed by atoms with E-state index in [0.29, 0.717) is 35.8 Å². The zero-order chi connectivity index (χ0) is 20.1. The molecule has 7 heteroatoms. The Labute approximate surface area is 173 Å². The number of rotatable bonds is 7. The van der Waals surface area contributed by atoms with E-state index in [4.69, 9.17) is 18.9 Å². The van der Waals surface area contributed by atoms with Crippen molar-refractivity contribution in [3.05, 3.63) is 53.6 Å². The minimum atomic E-state index is -0.508. The monoisotopic (exact) mass is 414 g/mol. The lowest BCUT2D eigenvalue weighted by Gasteiger charge is -2.18. The fraction of sp³-hybridized carbons (Fsp3) is 0.364. The minimum absolute atomic E-state index is 0.223. The van der Waals surface area contributed by atoms with Crippen LogP contribution >= 0.6 is 11.8 Å². The first kappa shape index (κ1) is 19.8. The number of ketones is 1. The second-order valence-electron chi connectivity index (χ2n) is 6.80. The third-order valence-electron chi connectivity index (χ3n) is 4.75. The smallest absolute Gasteiger partial charge is 0.339 e. The van der Waals surface area contributed by atoms with Crippen molar-refractivity contribution in [1.29, 1.82) is 0 Å². The van der Waals surface area contributed by atoms with Crippen LogP contribution in [0.3, 0.4) is 0 Å². The number of Topliss-reactive ketones (excluding diaryl/α,β-unsaturated/α-hetero) is 1. The second-order valence-corrected chi connectivity index (χ2v) is 7.86. The number of carbonyl (C=O) groups excluding carboxylic acids is 2. The van der Waals surface area contributed by atoms with Crippen molar-refractivity contribution < 1.29 is 28.5 Å². The average molecular weight is 414 g/mol. The molecule has 0 saturated carbocycles.